The van der Waals surface area contributed by atoms with E-state index in [1.165, 1.54) is 81.0 Å². The molecule has 3 aromatic heterocycles. The Morgan fingerprint density at radius 2 is 1.02 bits per heavy atom. The van der Waals surface area contributed by atoms with Gasteiger partial charge in [0, 0.05) is 49.0 Å². The van der Waals surface area contributed by atoms with Crippen molar-refractivity contribution < 1.29 is 0 Å². The van der Waals surface area contributed by atoms with Crippen LogP contribution in [0.3, 0.4) is 0 Å². The van der Waals surface area contributed by atoms with Gasteiger partial charge in [0.25, 0.3) is 0 Å². The summed E-state index contributed by atoms with van der Waals surface area (Å²) in [6.07, 6.45) is 3.86. The molecule has 2 nitrogen and oxygen atoms in total. The van der Waals surface area contributed by atoms with E-state index in [1.54, 1.807) is 0 Å². The number of aromatic nitrogens is 2. The zero-order chi connectivity index (χ0) is 29.0. The van der Waals surface area contributed by atoms with Gasteiger partial charge in [0.1, 0.15) is 0 Å². The molecule has 3 heteroatoms. The maximum Gasteiger partial charge on any atom is 0.0541 e. The second kappa shape index (κ2) is 10.0. The first kappa shape index (κ1) is 25.0. The highest BCUT2D eigenvalue weighted by Gasteiger charge is 2.13. The van der Waals surface area contributed by atoms with Crippen molar-refractivity contribution in [3.8, 4) is 39.1 Å². The SMILES string of the molecule is c1cc(-c2cccc(-c3cccc4c3sc3ccncc34)c2)cc(-c2cccc(-n3c4ccccc4c4ccccc43)c2)c1. The Kier molecular flexibility index (Phi) is 5.71. The van der Waals surface area contributed by atoms with Gasteiger partial charge in [-0.25, -0.2) is 0 Å². The molecule has 6 aromatic carbocycles. The third kappa shape index (κ3) is 3.98. The molecule has 0 aliphatic rings. The molecule has 0 saturated carbocycles. The molecular weight excluding hydrogens is 553 g/mol. The first-order valence-electron chi connectivity index (χ1n) is 14.9. The van der Waals surface area contributed by atoms with Gasteiger partial charge in [0.05, 0.1) is 11.0 Å². The summed E-state index contributed by atoms with van der Waals surface area (Å²) in [6, 6.07) is 52.8. The van der Waals surface area contributed by atoms with E-state index in [0.29, 0.717) is 0 Å². The van der Waals surface area contributed by atoms with Crippen LogP contribution >= 0.6 is 11.3 Å². The molecule has 3 heterocycles. The van der Waals surface area contributed by atoms with Crippen molar-refractivity contribution in [3.63, 3.8) is 0 Å². The van der Waals surface area contributed by atoms with E-state index >= 15 is 0 Å². The van der Waals surface area contributed by atoms with Crippen LogP contribution < -0.4 is 0 Å². The molecule has 9 aromatic rings. The zero-order valence-electron chi connectivity index (χ0n) is 23.8. The Balaban J connectivity index is 1.13. The van der Waals surface area contributed by atoms with Crippen molar-refractivity contribution >= 4 is 53.3 Å². The quantitative estimate of drug-likeness (QED) is 0.203. The van der Waals surface area contributed by atoms with Gasteiger partial charge < -0.3 is 4.57 Å². The van der Waals surface area contributed by atoms with Gasteiger partial charge in [-0.05, 0) is 75.8 Å². The summed E-state index contributed by atoms with van der Waals surface area (Å²) < 4.78 is 4.96. The molecule has 0 fully saturated rings. The van der Waals surface area contributed by atoms with Crippen LogP contribution in [0.4, 0.5) is 0 Å². The third-order valence-corrected chi connectivity index (χ3v) is 9.91. The maximum absolute atomic E-state index is 4.38. The molecule has 0 atom stereocenters. The summed E-state index contributed by atoms with van der Waals surface area (Å²) >= 11 is 1.84. The second-order valence-electron chi connectivity index (χ2n) is 11.2. The number of hydrogen-bond acceptors (Lipinski definition) is 2. The van der Waals surface area contributed by atoms with Crippen LogP contribution in [0.25, 0.3) is 81.0 Å². The molecule has 0 bridgehead atoms. The van der Waals surface area contributed by atoms with Gasteiger partial charge >= 0.3 is 0 Å². The Morgan fingerprint density at radius 3 is 1.75 bits per heavy atom. The highest BCUT2D eigenvalue weighted by atomic mass is 32.1. The standard InChI is InChI=1S/C41H26N2S/c1-3-19-38-34(15-1)35-16-2-4-20-39(35)43(38)32-14-7-12-30(25-32)28-10-5-9-27(23-28)29-11-6-13-31(24-29)33-17-8-18-36-37-26-42-22-21-40(37)44-41(33)36/h1-26H. The Morgan fingerprint density at radius 1 is 0.455 bits per heavy atom. The topological polar surface area (TPSA) is 17.8 Å². The lowest BCUT2D eigenvalue weighted by Crippen LogP contribution is -1.94. The van der Waals surface area contributed by atoms with Gasteiger partial charge in [-0.1, -0.05) is 103 Å². The summed E-state index contributed by atoms with van der Waals surface area (Å²) in [5.74, 6) is 0. The molecule has 0 unspecified atom stereocenters. The first-order chi connectivity index (χ1) is 21.8. The highest BCUT2D eigenvalue weighted by Crippen LogP contribution is 2.40. The average Bonchev–Trinajstić information content (AvgIpc) is 3.65. The minimum absolute atomic E-state index is 1.17. The number of thiophene rings is 1. The van der Waals surface area contributed by atoms with E-state index in [4.69, 9.17) is 0 Å². The normalized spacial score (nSPS) is 11.6. The van der Waals surface area contributed by atoms with Gasteiger partial charge in [-0.2, -0.15) is 0 Å². The Hall–Kier alpha value is -5.51. The molecule has 0 aliphatic carbocycles. The lowest BCUT2D eigenvalue weighted by atomic mass is 9.95. The summed E-state index contributed by atoms with van der Waals surface area (Å²) in [5, 5.41) is 5.05. The molecule has 0 N–H and O–H groups in total. The number of pyridine rings is 1. The van der Waals surface area contributed by atoms with Crippen LogP contribution in [0.2, 0.25) is 0 Å². The van der Waals surface area contributed by atoms with Crippen molar-refractivity contribution in [1.29, 1.82) is 0 Å². The lowest BCUT2D eigenvalue weighted by molar-refractivity contribution is 1.18. The zero-order valence-corrected chi connectivity index (χ0v) is 24.6. The molecular formula is C41H26N2S. The number of benzene rings is 6. The van der Waals surface area contributed by atoms with E-state index < -0.39 is 0 Å². The summed E-state index contributed by atoms with van der Waals surface area (Å²) in [4.78, 5) is 4.38. The molecule has 44 heavy (non-hydrogen) atoms. The highest BCUT2D eigenvalue weighted by molar-refractivity contribution is 7.26. The average molecular weight is 579 g/mol. The molecule has 0 saturated heterocycles. The van der Waals surface area contributed by atoms with Crippen LogP contribution in [-0.4, -0.2) is 9.55 Å². The van der Waals surface area contributed by atoms with E-state index in [-0.39, 0.29) is 0 Å². The summed E-state index contributed by atoms with van der Waals surface area (Å²) in [5.41, 5.74) is 10.9. The Bertz CT molecular complexity index is 2460. The van der Waals surface area contributed by atoms with Crippen molar-refractivity contribution in [2.24, 2.45) is 0 Å². The van der Waals surface area contributed by atoms with Gasteiger partial charge in [-0.15, -0.1) is 11.3 Å². The van der Waals surface area contributed by atoms with E-state index in [9.17, 15) is 0 Å². The van der Waals surface area contributed by atoms with Crippen LogP contribution in [0.1, 0.15) is 0 Å². The van der Waals surface area contributed by atoms with Gasteiger partial charge in [0.2, 0.25) is 0 Å². The van der Waals surface area contributed by atoms with E-state index in [2.05, 4.69) is 155 Å². The molecule has 206 valence electrons. The monoisotopic (exact) mass is 578 g/mol. The van der Waals surface area contributed by atoms with Gasteiger partial charge in [0.15, 0.2) is 0 Å². The van der Waals surface area contributed by atoms with Crippen molar-refractivity contribution in [1.82, 2.24) is 9.55 Å². The predicted octanol–water partition coefficient (Wildman–Crippen LogP) is 11.5. The first-order valence-corrected chi connectivity index (χ1v) is 15.7. The van der Waals surface area contributed by atoms with E-state index in [1.807, 2.05) is 23.7 Å². The molecule has 0 radical (unpaired) electrons. The molecule has 0 amide bonds. The Labute approximate surface area is 259 Å². The fourth-order valence-electron chi connectivity index (χ4n) is 6.64. The minimum atomic E-state index is 1.17. The van der Waals surface area contributed by atoms with Crippen LogP contribution in [0.5, 0.6) is 0 Å². The van der Waals surface area contributed by atoms with Crippen LogP contribution in [-0.2, 0) is 0 Å². The van der Waals surface area contributed by atoms with Crippen LogP contribution in [0, 0.1) is 0 Å². The predicted molar refractivity (Wildman–Crippen MR) is 188 cm³/mol. The number of hydrogen-bond donors (Lipinski definition) is 0. The largest absolute Gasteiger partial charge is 0.309 e. The fourth-order valence-corrected chi connectivity index (χ4v) is 7.84. The fraction of sp³-hybridized carbons (Fsp3) is 0. The minimum Gasteiger partial charge on any atom is -0.309 e. The number of para-hydroxylation sites is 2. The summed E-state index contributed by atoms with van der Waals surface area (Å²) in [7, 11) is 0. The maximum atomic E-state index is 4.38. The smallest absolute Gasteiger partial charge is 0.0541 e. The van der Waals surface area contributed by atoms with Crippen molar-refractivity contribution in [2.45, 2.75) is 0 Å². The number of fused-ring (bicyclic) bond motifs is 6. The lowest BCUT2D eigenvalue weighted by Gasteiger charge is -2.12. The number of rotatable bonds is 4. The summed E-state index contributed by atoms with van der Waals surface area (Å²) in [6.45, 7) is 0. The number of nitrogens with zero attached hydrogens (tertiary/aromatic N) is 2. The molecule has 0 spiro atoms. The second-order valence-corrected chi connectivity index (χ2v) is 12.3. The molecule has 0 aliphatic heterocycles. The van der Waals surface area contributed by atoms with Crippen LogP contribution in [0.15, 0.2) is 158 Å². The van der Waals surface area contributed by atoms with E-state index in [0.717, 1.165) is 0 Å². The van der Waals surface area contributed by atoms with Crippen molar-refractivity contribution in [2.75, 3.05) is 0 Å². The third-order valence-electron chi connectivity index (χ3n) is 8.69. The van der Waals surface area contributed by atoms with Crippen molar-refractivity contribution in [3.05, 3.63) is 158 Å². The van der Waals surface area contributed by atoms with Gasteiger partial charge in [-0.3, -0.25) is 4.98 Å². The molecule has 9 rings (SSSR count).